The molecule has 0 aliphatic carbocycles. The van der Waals surface area contributed by atoms with Gasteiger partial charge in [-0.25, -0.2) is 8.42 Å². The van der Waals surface area contributed by atoms with Crippen LogP contribution in [0.4, 0.5) is 18.9 Å². The average molecular weight is 386 g/mol. The second-order valence-corrected chi connectivity index (χ2v) is 7.74. The highest BCUT2D eigenvalue weighted by atomic mass is 32.2. The number of benzene rings is 2. The molecule has 0 unspecified atom stereocenters. The van der Waals surface area contributed by atoms with Crippen LogP contribution in [0.5, 0.6) is 0 Å². The maximum atomic E-state index is 12.8. The molecule has 9 heteroatoms. The van der Waals surface area contributed by atoms with Crippen LogP contribution < -0.4 is 11.1 Å². The molecule has 0 saturated carbocycles. The zero-order valence-electron chi connectivity index (χ0n) is 13.8. The van der Waals surface area contributed by atoms with Crippen molar-refractivity contribution < 1.29 is 26.4 Å². The molecule has 2 aromatic rings. The summed E-state index contributed by atoms with van der Waals surface area (Å²) >= 11 is 0. The SMILES string of the molecule is CCS(=O)(=O)c1ccccc1CNC(=O)c1cc(C(F)(F)F)ccc1N. The van der Waals surface area contributed by atoms with Crippen molar-refractivity contribution in [3.63, 3.8) is 0 Å². The maximum absolute atomic E-state index is 12.8. The quantitative estimate of drug-likeness (QED) is 0.773. The first-order chi connectivity index (χ1) is 12.1. The Morgan fingerprint density at radius 2 is 1.81 bits per heavy atom. The molecule has 0 spiro atoms. The Balaban J connectivity index is 2.26. The van der Waals surface area contributed by atoms with E-state index < -0.39 is 27.5 Å². The fraction of sp³-hybridized carbons (Fsp3) is 0.235. The van der Waals surface area contributed by atoms with E-state index in [1.54, 1.807) is 12.1 Å². The lowest BCUT2D eigenvalue weighted by molar-refractivity contribution is -0.137. The minimum atomic E-state index is -4.61. The van der Waals surface area contributed by atoms with Crippen molar-refractivity contribution in [1.82, 2.24) is 5.32 Å². The Kier molecular flexibility index (Phi) is 5.60. The van der Waals surface area contributed by atoms with Crippen LogP contribution in [-0.4, -0.2) is 20.1 Å². The Labute approximate surface area is 148 Å². The van der Waals surface area contributed by atoms with Gasteiger partial charge in [0.25, 0.3) is 5.91 Å². The third kappa shape index (κ3) is 4.34. The molecule has 0 aromatic heterocycles. The van der Waals surface area contributed by atoms with E-state index in [4.69, 9.17) is 5.73 Å². The maximum Gasteiger partial charge on any atom is 0.416 e. The van der Waals surface area contributed by atoms with Crippen molar-refractivity contribution in [1.29, 1.82) is 0 Å². The second-order valence-electron chi connectivity index (χ2n) is 5.49. The minimum absolute atomic E-state index is 0.0693. The van der Waals surface area contributed by atoms with Crippen LogP contribution in [0.25, 0.3) is 0 Å². The van der Waals surface area contributed by atoms with Gasteiger partial charge in [-0.05, 0) is 29.8 Å². The minimum Gasteiger partial charge on any atom is -0.398 e. The van der Waals surface area contributed by atoms with Crippen molar-refractivity contribution in [2.45, 2.75) is 24.5 Å². The number of anilines is 1. The zero-order valence-corrected chi connectivity index (χ0v) is 14.6. The highest BCUT2D eigenvalue weighted by molar-refractivity contribution is 7.91. The fourth-order valence-electron chi connectivity index (χ4n) is 2.31. The van der Waals surface area contributed by atoms with Gasteiger partial charge in [-0.3, -0.25) is 4.79 Å². The summed E-state index contributed by atoms with van der Waals surface area (Å²) in [6.45, 7) is 1.33. The number of carbonyl (C=O) groups excluding carboxylic acids is 1. The number of amides is 1. The van der Waals surface area contributed by atoms with Gasteiger partial charge in [0.2, 0.25) is 0 Å². The molecule has 2 aromatic carbocycles. The summed E-state index contributed by atoms with van der Waals surface area (Å²) < 4.78 is 62.6. The summed E-state index contributed by atoms with van der Waals surface area (Å²) in [5.74, 6) is -0.935. The van der Waals surface area contributed by atoms with Crippen LogP contribution >= 0.6 is 0 Å². The number of sulfone groups is 1. The fourth-order valence-corrected chi connectivity index (χ4v) is 3.45. The molecule has 0 radical (unpaired) electrons. The number of hydrogen-bond acceptors (Lipinski definition) is 4. The van der Waals surface area contributed by atoms with Gasteiger partial charge in [0.1, 0.15) is 0 Å². The standard InChI is InChI=1S/C17H17F3N2O3S/c1-2-26(24,25)15-6-4-3-5-11(15)10-22-16(23)13-9-12(17(18,19)20)7-8-14(13)21/h3-9H,2,10,21H2,1H3,(H,22,23). The molecule has 0 atom stereocenters. The molecule has 2 rings (SSSR count). The molecule has 0 aliphatic rings. The first kappa shape index (κ1) is 19.8. The summed E-state index contributed by atoms with van der Waals surface area (Å²) in [6.07, 6.45) is -4.61. The van der Waals surface area contributed by atoms with Crippen LogP contribution in [0, 0.1) is 0 Å². The van der Waals surface area contributed by atoms with Gasteiger partial charge in [0.15, 0.2) is 9.84 Å². The van der Waals surface area contributed by atoms with E-state index in [2.05, 4.69) is 5.32 Å². The van der Waals surface area contributed by atoms with E-state index in [1.165, 1.54) is 19.1 Å². The van der Waals surface area contributed by atoms with Crippen LogP contribution in [0.2, 0.25) is 0 Å². The molecule has 0 bridgehead atoms. The summed E-state index contributed by atoms with van der Waals surface area (Å²) in [7, 11) is -3.50. The van der Waals surface area contributed by atoms with Crippen LogP contribution in [0.1, 0.15) is 28.4 Å². The Hall–Kier alpha value is -2.55. The van der Waals surface area contributed by atoms with Crippen molar-refractivity contribution in [2.24, 2.45) is 0 Å². The normalized spacial score (nSPS) is 12.0. The van der Waals surface area contributed by atoms with Gasteiger partial charge < -0.3 is 11.1 Å². The zero-order chi connectivity index (χ0) is 19.5. The summed E-state index contributed by atoms with van der Waals surface area (Å²) in [4.78, 5) is 12.3. The van der Waals surface area contributed by atoms with Crippen molar-refractivity contribution in [3.8, 4) is 0 Å². The highest BCUT2D eigenvalue weighted by Crippen LogP contribution is 2.31. The topological polar surface area (TPSA) is 89.3 Å². The Morgan fingerprint density at radius 3 is 2.42 bits per heavy atom. The summed E-state index contributed by atoms with van der Waals surface area (Å²) in [5.41, 5.74) is 4.52. The molecule has 0 saturated heterocycles. The Morgan fingerprint density at radius 1 is 1.15 bits per heavy atom. The number of nitrogens with one attached hydrogen (secondary N) is 1. The molecule has 1 amide bonds. The first-order valence-corrected chi connectivity index (χ1v) is 9.27. The number of hydrogen-bond donors (Lipinski definition) is 2. The first-order valence-electron chi connectivity index (χ1n) is 7.62. The molecule has 140 valence electrons. The number of carbonyl (C=O) groups is 1. The van der Waals surface area contributed by atoms with Gasteiger partial charge in [-0.1, -0.05) is 25.1 Å². The van der Waals surface area contributed by atoms with Gasteiger partial charge in [0, 0.05) is 12.2 Å². The molecule has 26 heavy (non-hydrogen) atoms. The molecular formula is C17H17F3N2O3S. The predicted molar refractivity (Wildman–Crippen MR) is 91.2 cm³/mol. The summed E-state index contributed by atoms with van der Waals surface area (Å²) in [6, 6.07) is 8.56. The van der Waals surface area contributed by atoms with E-state index >= 15 is 0 Å². The summed E-state index contributed by atoms with van der Waals surface area (Å²) in [5, 5.41) is 2.42. The Bertz CT molecular complexity index is 925. The third-order valence-electron chi connectivity index (χ3n) is 3.75. The number of halogens is 3. The number of alkyl halides is 3. The number of nitrogen functional groups attached to an aromatic ring is 1. The third-order valence-corrected chi connectivity index (χ3v) is 5.58. The van der Waals surface area contributed by atoms with Gasteiger partial charge in [0.05, 0.1) is 21.8 Å². The molecule has 3 N–H and O–H groups in total. The number of rotatable bonds is 5. The van der Waals surface area contributed by atoms with E-state index in [9.17, 15) is 26.4 Å². The lowest BCUT2D eigenvalue weighted by Crippen LogP contribution is -2.25. The van der Waals surface area contributed by atoms with Crippen molar-refractivity contribution in [2.75, 3.05) is 11.5 Å². The van der Waals surface area contributed by atoms with Gasteiger partial charge >= 0.3 is 6.18 Å². The lowest BCUT2D eigenvalue weighted by Gasteiger charge is -2.13. The molecule has 0 fully saturated rings. The van der Waals surface area contributed by atoms with Gasteiger partial charge in [-0.15, -0.1) is 0 Å². The highest BCUT2D eigenvalue weighted by Gasteiger charge is 2.31. The van der Waals surface area contributed by atoms with E-state index in [1.807, 2.05) is 0 Å². The molecule has 0 heterocycles. The van der Waals surface area contributed by atoms with Crippen molar-refractivity contribution >= 4 is 21.4 Å². The van der Waals surface area contributed by atoms with E-state index in [0.717, 1.165) is 12.1 Å². The number of nitrogens with two attached hydrogens (primary N) is 1. The second kappa shape index (κ2) is 7.36. The van der Waals surface area contributed by atoms with Crippen LogP contribution in [0.15, 0.2) is 47.4 Å². The van der Waals surface area contributed by atoms with Crippen LogP contribution in [0.3, 0.4) is 0 Å². The monoisotopic (exact) mass is 386 g/mol. The largest absolute Gasteiger partial charge is 0.416 e. The average Bonchev–Trinajstić information content (AvgIpc) is 2.59. The van der Waals surface area contributed by atoms with E-state index in [0.29, 0.717) is 11.6 Å². The van der Waals surface area contributed by atoms with Crippen LogP contribution in [-0.2, 0) is 22.6 Å². The van der Waals surface area contributed by atoms with E-state index in [-0.39, 0.29) is 28.4 Å². The van der Waals surface area contributed by atoms with Crippen molar-refractivity contribution in [3.05, 3.63) is 59.2 Å². The molecule has 0 aliphatic heterocycles. The lowest BCUT2D eigenvalue weighted by atomic mass is 10.1. The molecular weight excluding hydrogens is 369 g/mol. The smallest absolute Gasteiger partial charge is 0.398 e. The predicted octanol–water partition coefficient (Wildman–Crippen LogP) is 3.01. The van der Waals surface area contributed by atoms with Gasteiger partial charge in [-0.2, -0.15) is 13.2 Å². The molecule has 5 nitrogen and oxygen atoms in total.